The number of nitrogens with zero attached hydrogens (tertiary/aromatic N) is 3. The summed E-state index contributed by atoms with van der Waals surface area (Å²) in [6.07, 6.45) is 2.84. The molecule has 32 heavy (non-hydrogen) atoms. The van der Waals surface area contributed by atoms with E-state index in [0.29, 0.717) is 24.0 Å². The number of fused-ring (bicyclic) bond motifs is 1. The molecule has 2 heterocycles. The summed E-state index contributed by atoms with van der Waals surface area (Å²) in [5.41, 5.74) is 0.773. The smallest absolute Gasteiger partial charge is 0.298 e. The van der Waals surface area contributed by atoms with Gasteiger partial charge in [-0.1, -0.05) is 12.1 Å². The van der Waals surface area contributed by atoms with E-state index in [9.17, 15) is 18.3 Å². The third-order valence-corrected chi connectivity index (χ3v) is 5.97. The van der Waals surface area contributed by atoms with Crippen LogP contribution in [0.3, 0.4) is 0 Å². The lowest BCUT2D eigenvalue weighted by atomic mass is 9.93. The zero-order chi connectivity index (χ0) is 22.9. The summed E-state index contributed by atoms with van der Waals surface area (Å²) >= 11 is 0. The molecular weight excluding hydrogens is 421 g/mol. The van der Waals surface area contributed by atoms with Gasteiger partial charge in [0.25, 0.3) is 5.92 Å². The van der Waals surface area contributed by atoms with Gasteiger partial charge in [0.05, 0.1) is 28.6 Å². The fourth-order valence-corrected chi connectivity index (χ4v) is 3.90. The fourth-order valence-electron chi connectivity index (χ4n) is 3.90. The van der Waals surface area contributed by atoms with Crippen LogP contribution in [0.25, 0.3) is 10.9 Å². The van der Waals surface area contributed by atoms with E-state index in [1.807, 2.05) is 25.1 Å². The summed E-state index contributed by atoms with van der Waals surface area (Å²) in [5, 5.41) is 31.0. The zero-order valence-corrected chi connectivity index (χ0v) is 17.7. The van der Waals surface area contributed by atoms with Crippen molar-refractivity contribution in [2.45, 2.75) is 37.8 Å². The van der Waals surface area contributed by atoms with Crippen LogP contribution in [0.4, 0.5) is 24.5 Å². The Balaban J connectivity index is 1.58. The van der Waals surface area contributed by atoms with E-state index in [1.165, 1.54) is 18.3 Å². The Bertz CT molecular complexity index is 1110. The molecule has 0 saturated carbocycles. The molecule has 0 atom stereocenters. The molecule has 1 aromatic heterocycles. The van der Waals surface area contributed by atoms with Crippen molar-refractivity contribution in [1.29, 1.82) is 0 Å². The van der Waals surface area contributed by atoms with Crippen LogP contribution in [0.2, 0.25) is 0 Å². The van der Waals surface area contributed by atoms with Crippen LogP contribution >= 0.6 is 0 Å². The molecule has 0 aliphatic carbocycles. The Labute approximate surface area is 183 Å². The van der Waals surface area contributed by atoms with E-state index in [0.717, 1.165) is 30.2 Å². The van der Waals surface area contributed by atoms with Crippen LogP contribution in [0.5, 0.6) is 0 Å². The van der Waals surface area contributed by atoms with Crippen LogP contribution in [-0.2, 0) is 12.5 Å². The van der Waals surface area contributed by atoms with Crippen LogP contribution in [-0.4, -0.2) is 45.7 Å². The standard InChI is InChI=1S/C23H25F3N4O2/c1-22(32)7-9-30(10-8-22)16-5-6-19-17(11-16)20(13-28-29-19)27-12-15-3-2-4-18(21(15)24)23(25,26)14-31/h2-6,11,13,31-32H,7-10,12,14H2,1H3,(H,27,29). The van der Waals surface area contributed by atoms with Gasteiger partial charge in [-0.15, -0.1) is 0 Å². The molecule has 1 fully saturated rings. The second-order valence-corrected chi connectivity index (χ2v) is 8.44. The fraction of sp³-hybridized carbons (Fsp3) is 0.391. The van der Waals surface area contributed by atoms with Crippen molar-refractivity contribution in [3.8, 4) is 0 Å². The number of aliphatic hydroxyl groups excluding tert-OH is 1. The Hall–Kier alpha value is -2.91. The van der Waals surface area contributed by atoms with Crippen LogP contribution in [0, 0.1) is 5.82 Å². The van der Waals surface area contributed by atoms with Gasteiger partial charge >= 0.3 is 0 Å². The van der Waals surface area contributed by atoms with Gasteiger partial charge < -0.3 is 20.4 Å². The maximum absolute atomic E-state index is 14.7. The molecule has 1 aliphatic rings. The largest absolute Gasteiger partial charge is 0.390 e. The first-order valence-electron chi connectivity index (χ1n) is 10.4. The van der Waals surface area contributed by atoms with E-state index in [-0.39, 0.29) is 12.1 Å². The first-order valence-corrected chi connectivity index (χ1v) is 10.4. The molecule has 0 spiro atoms. The monoisotopic (exact) mass is 446 g/mol. The number of alkyl halides is 2. The van der Waals surface area contributed by atoms with Gasteiger partial charge in [-0.2, -0.15) is 19.0 Å². The lowest BCUT2D eigenvalue weighted by Gasteiger charge is -2.37. The molecular formula is C23H25F3N4O2. The van der Waals surface area contributed by atoms with E-state index in [1.54, 1.807) is 0 Å². The maximum atomic E-state index is 14.7. The minimum atomic E-state index is -3.65. The van der Waals surface area contributed by atoms with Gasteiger partial charge in [0.1, 0.15) is 12.4 Å². The highest BCUT2D eigenvalue weighted by Gasteiger charge is 2.34. The summed E-state index contributed by atoms with van der Waals surface area (Å²) in [7, 11) is 0. The topological polar surface area (TPSA) is 81.5 Å². The average Bonchev–Trinajstić information content (AvgIpc) is 2.78. The number of halogens is 3. The molecule has 0 radical (unpaired) electrons. The molecule has 170 valence electrons. The van der Waals surface area contributed by atoms with Crippen molar-refractivity contribution in [1.82, 2.24) is 10.2 Å². The average molecular weight is 446 g/mol. The zero-order valence-electron chi connectivity index (χ0n) is 17.7. The normalized spacial score (nSPS) is 16.4. The summed E-state index contributed by atoms with van der Waals surface area (Å²) in [6, 6.07) is 9.48. The summed E-state index contributed by atoms with van der Waals surface area (Å²) in [4.78, 5) is 2.18. The van der Waals surface area contributed by atoms with E-state index in [2.05, 4.69) is 20.4 Å². The molecule has 0 bridgehead atoms. The highest BCUT2D eigenvalue weighted by molar-refractivity contribution is 5.92. The van der Waals surface area contributed by atoms with E-state index < -0.39 is 29.5 Å². The second-order valence-electron chi connectivity index (χ2n) is 8.44. The van der Waals surface area contributed by atoms with Crippen molar-refractivity contribution in [2.24, 2.45) is 0 Å². The highest BCUT2D eigenvalue weighted by Crippen LogP contribution is 2.32. The van der Waals surface area contributed by atoms with Crippen molar-refractivity contribution < 1.29 is 23.4 Å². The molecule has 4 rings (SSSR count). The number of piperidine rings is 1. The number of rotatable bonds is 6. The Morgan fingerprint density at radius 1 is 1.19 bits per heavy atom. The summed E-state index contributed by atoms with van der Waals surface area (Å²) < 4.78 is 42.3. The molecule has 9 heteroatoms. The number of anilines is 2. The SMILES string of the molecule is CC1(O)CCN(c2ccc3nncc(NCc4cccc(C(F)(F)CO)c4F)c3c2)CC1. The number of hydrogen-bond acceptors (Lipinski definition) is 6. The molecule has 6 nitrogen and oxygen atoms in total. The molecule has 0 unspecified atom stereocenters. The lowest BCUT2D eigenvalue weighted by Crippen LogP contribution is -2.42. The van der Waals surface area contributed by atoms with Gasteiger partial charge in [-0.05, 0) is 44.0 Å². The van der Waals surface area contributed by atoms with Crippen molar-refractivity contribution in [2.75, 3.05) is 29.9 Å². The minimum absolute atomic E-state index is 0.0429. The summed E-state index contributed by atoms with van der Waals surface area (Å²) in [6.45, 7) is 1.77. The minimum Gasteiger partial charge on any atom is -0.390 e. The molecule has 2 aromatic carbocycles. The van der Waals surface area contributed by atoms with Gasteiger partial charge in [0, 0.05) is 36.3 Å². The first-order chi connectivity index (χ1) is 15.2. The van der Waals surface area contributed by atoms with Gasteiger partial charge in [-0.3, -0.25) is 0 Å². The lowest BCUT2D eigenvalue weighted by molar-refractivity contribution is -0.0583. The molecule has 3 aromatic rings. The Kier molecular flexibility index (Phi) is 5.96. The van der Waals surface area contributed by atoms with Gasteiger partial charge in [-0.25, -0.2) is 4.39 Å². The van der Waals surface area contributed by atoms with Crippen LogP contribution in [0.1, 0.15) is 30.9 Å². The highest BCUT2D eigenvalue weighted by atomic mass is 19.3. The predicted octanol–water partition coefficient (Wildman–Crippen LogP) is 3.82. The number of benzene rings is 2. The number of aliphatic hydroxyl groups is 2. The van der Waals surface area contributed by atoms with Crippen molar-refractivity contribution >= 4 is 22.3 Å². The van der Waals surface area contributed by atoms with Gasteiger partial charge in [0.2, 0.25) is 0 Å². The second kappa shape index (κ2) is 8.55. The van der Waals surface area contributed by atoms with Crippen LogP contribution < -0.4 is 10.2 Å². The summed E-state index contributed by atoms with van der Waals surface area (Å²) in [5.74, 6) is -4.70. The predicted molar refractivity (Wildman–Crippen MR) is 116 cm³/mol. The molecule has 0 amide bonds. The van der Waals surface area contributed by atoms with E-state index >= 15 is 0 Å². The van der Waals surface area contributed by atoms with Gasteiger partial charge in [0.15, 0.2) is 0 Å². The van der Waals surface area contributed by atoms with Crippen LogP contribution in [0.15, 0.2) is 42.6 Å². The number of hydrogen-bond donors (Lipinski definition) is 3. The Morgan fingerprint density at radius 3 is 2.66 bits per heavy atom. The number of aromatic nitrogens is 2. The third-order valence-electron chi connectivity index (χ3n) is 5.97. The maximum Gasteiger partial charge on any atom is 0.298 e. The molecule has 1 aliphatic heterocycles. The van der Waals surface area contributed by atoms with Crippen molar-refractivity contribution in [3.05, 3.63) is 59.5 Å². The quantitative estimate of drug-likeness (QED) is 0.534. The first kappa shape index (κ1) is 22.3. The molecule has 1 saturated heterocycles. The number of nitrogens with one attached hydrogen (secondary N) is 1. The van der Waals surface area contributed by atoms with Crippen molar-refractivity contribution in [3.63, 3.8) is 0 Å². The molecule has 3 N–H and O–H groups in total. The Morgan fingerprint density at radius 2 is 1.94 bits per heavy atom. The third kappa shape index (κ3) is 4.49. The van der Waals surface area contributed by atoms with E-state index in [4.69, 9.17) is 5.11 Å².